The Bertz CT molecular complexity index is 381. The molecule has 0 unspecified atom stereocenters. The number of carbonyl (C=O) groups is 1. The number of carboxylic acids is 1. The lowest BCUT2D eigenvalue weighted by Crippen LogP contribution is -2.05. The first-order valence-electron chi connectivity index (χ1n) is 3.44. The highest BCUT2D eigenvalue weighted by Crippen LogP contribution is 2.34. The van der Waals surface area contributed by atoms with Crippen LogP contribution in [0.1, 0.15) is 22.5 Å². The third-order valence-corrected chi connectivity index (χ3v) is 1.54. The number of halogens is 2. The molecular formula is C7H6F2N2O3. The minimum absolute atomic E-state index is 0.442. The van der Waals surface area contributed by atoms with Crippen molar-refractivity contribution < 1.29 is 23.8 Å². The molecule has 0 aliphatic rings. The summed E-state index contributed by atoms with van der Waals surface area (Å²) in [5.74, 6) is -2.68. The van der Waals surface area contributed by atoms with E-state index >= 15 is 0 Å². The standard InChI is InChI=1S/C7H6F2N2O3/c8-6(9)3-2(10)1-11-4(5(3)12)7(13)14/h1,6,12H,10H2,(H,13,14). The number of aromatic hydroxyl groups is 1. The summed E-state index contributed by atoms with van der Waals surface area (Å²) in [6.07, 6.45) is -2.28. The van der Waals surface area contributed by atoms with E-state index in [2.05, 4.69) is 4.98 Å². The molecule has 0 aliphatic carbocycles. The zero-order valence-corrected chi connectivity index (χ0v) is 6.74. The summed E-state index contributed by atoms with van der Waals surface area (Å²) < 4.78 is 24.5. The van der Waals surface area contributed by atoms with E-state index in [1.54, 1.807) is 0 Å². The fourth-order valence-corrected chi connectivity index (χ4v) is 0.915. The van der Waals surface area contributed by atoms with Gasteiger partial charge in [-0.25, -0.2) is 18.6 Å². The van der Waals surface area contributed by atoms with Crippen LogP contribution in [-0.4, -0.2) is 21.2 Å². The smallest absolute Gasteiger partial charge is 0.358 e. The van der Waals surface area contributed by atoms with Gasteiger partial charge in [-0.15, -0.1) is 0 Å². The second-order valence-corrected chi connectivity index (χ2v) is 2.43. The minimum Gasteiger partial charge on any atom is -0.505 e. The van der Waals surface area contributed by atoms with Crippen molar-refractivity contribution in [2.75, 3.05) is 5.73 Å². The molecule has 0 amide bonds. The number of rotatable bonds is 2. The SMILES string of the molecule is Nc1cnc(C(=O)O)c(O)c1C(F)F. The Labute approximate surface area is 76.8 Å². The molecule has 0 atom stereocenters. The van der Waals surface area contributed by atoms with E-state index in [9.17, 15) is 13.6 Å². The number of aromatic nitrogens is 1. The quantitative estimate of drug-likeness (QED) is 0.667. The topological polar surface area (TPSA) is 96.4 Å². The zero-order valence-electron chi connectivity index (χ0n) is 6.74. The number of pyridine rings is 1. The average molecular weight is 204 g/mol. The van der Waals surface area contributed by atoms with Gasteiger partial charge in [0.05, 0.1) is 17.4 Å². The number of carboxylic acid groups (broad SMARTS) is 1. The molecule has 1 aromatic heterocycles. The second-order valence-electron chi connectivity index (χ2n) is 2.43. The first kappa shape index (κ1) is 10.2. The van der Waals surface area contributed by atoms with E-state index in [4.69, 9.17) is 15.9 Å². The summed E-state index contributed by atoms with van der Waals surface area (Å²) in [4.78, 5) is 13.6. The Balaban J connectivity index is 3.41. The fourth-order valence-electron chi connectivity index (χ4n) is 0.915. The second kappa shape index (κ2) is 3.44. The summed E-state index contributed by atoms with van der Waals surface area (Å²) in [5.41, 5.74) is 2.91. The molecule has 76 valence electrons. The zero-order chi connectivity index (χ0) is 10.9. The van der Waals surface area contributed by atoms with E-state index in [1.807, 2.05) is 0 Å². The summed E-state index contributed by atoms with van der Waals surface area (Å²) in [6.45, 7) is 0. The Hall–Kier alpha value is -1.92. The van der Waals surface area contributed by atoms with Crippen LogP contribution in [0.2, 0.25) is 0 Å². The van der Waals surface area contributed by atoms with E-state index in [1.165, 1.54) is 0 Å². The van der Waals surface area contributed by atoms with Gasteiger partial charge in [-0.3, -0.25) is 0 Å². The molecule has 0 bridgehead atoms. The van der Waals surface area contributed by atoms with E-state index in [0.29, 0.717) is 0 Å². The number of nitrogens with zero attached hydrogens (tertiary/aromatic N) is 1. The van der Waals surface area contributed by atoms with Crippen LogP contribution in [0.15, 0.2) is 6.20 Å². The molecule has 0 fully saturated rings. The molecule has 4 N–H and O–H groups in total. The predicted octanol–water partition coefficient (Wildman–Crippen LogP) is 1.01. The van der Waals surface area contributed by atoms with Crippen LogP contribution in [0.3, 0.4) is 0 Å². The Morgan fingerprint density at radius 2 is 2.14 bits per heavy atom. The van der Waals surface area contributed by atoms with Crippen molar-refractivity contribution >= 4 is 11.7 Å². The monoisotopic (exact) mass is 204 g/mol. The molecule has 0 aromatic carbocycles. The van der Waals surface area contributed by atoms with Gasteiger partial charge in [0.1, 0.15) is 0 Å². The van der Waals surface area contributed by atoms with Crippen molar-refractivity contribution in [2.45, 2.75) is 6.43 Å². The minimum atomic E-state index is -3.05. The highest BCUT2D eigenvalue weighted by molar-refractivity contribution is 5.89. The number of aromatic carboxylic acids is 1. The van der Waals surface area contributed by atoms with Crippen molar-refractivity contribution in [3.05, 3.63) is 17.5 Å². The van der Waals surface area contributed by atoms with Gasteiger partial charge in [0.2, 0.25) is 0 Å². The van der Waals surface area contributed by atoms with Crippen LogP contribution >= 0.6 is 0 Å². The van der Waals surface area contributed by atoms with Crippen LogP contribution in [0.25, 0.3) is 0 Å². The first-order chi connectivity index (χ1) is 6.45. The molecule has 5 nitrogen and oxygen atoms in total. The molecule has 1 heterocycles. The van der Waals surface area contributed by atoms with Gasteiger partial charge in [0.25, 0.3) is 6.43 Å². The average Bonchev–Trinajstić information content (AvgIpc) is 2.02. The highest BCUT2D eigenvalue weighted by Gasteiger charge is 2.23. The normalized spacial score (nSPS) is 10.5. The summed E-state index contributed by atoms with van der Waals surface area (Å²) >= 11 is 0. The molecule has 0 saturated heterocycles. The van der Waals surface area contributed by atoms with Crippen molar-refractivity contribution in [1.82, 2.24) is 4.98 Å². The Morgan fingerprint density at radius 3 is 2.57 bits per heavy atom. The molecule has 1 rings (SSSR count). The Morgan fingerprint density at radius 1 is 1.57 bits per heavy atom. The van der Waals surface area contributed by atoms with Crippen molar-refractivity contribution in [2.24, 2.45) is 0 Å². The van der Waals surface area contributed by atoms with Gasteiger partial charge in [0.15, 0.2) is 11.4 Å². The van der Waals surface area contributed by atoms with Crippen molar-refractivity contribution in [1.29, 1.82) is 0 Å². The van der Waals surface area contributed by atoms with E-state index in [0.717, 1.165) is 6.20 Å². The lowest BCUT2D eigenvalue weighted by molar-refractivity contribution is 0.0686. The number of nitrogens with two attached hydrogens (primary N) is 1. The van der Waals surface area contributed by atoms with Crippen LogP contribution in [-0.2, 0) is 0 Å². The van der Waals surface area contributed by atoms with Crippen molar-refractivity contribution in [3.8, 4) is 5.75 Å². The molecule has 1 aromatic rings. The maximum absolute atomic E-state index is 12.3. The Kier molecular flexibility index (Phi) is 2.50. The van der Waals surface area contributed by atoms with Crippen molar-refractivity contribution in [3.63, 3.8) is 0 Å². The summed E-state index contributed by atoms with van der Waals surface area (Å²) in [7, 11) is 0. The van der Waals surface area contributed by atoms with Gasteiger partial charge in [-0.05, 0) is 0 Å². The molecule has 14 heavy (non-hydrogen) atoms. The number of hydrogen-bond donors (Lipinski definition) is 3. The number of alkyl halides is 2. The number of hydrogen-bond acceptors (Lipinski definition) is 4. The maximum Gasteiger partial charge on any atom is 0.358 e. The van der Waals surface area contributed by atoms with Crippen LogP contribution in [0, 0.1) is 0 Å². The summed E-state index contributed by atoms with van der Waals surface area (Å²) in [6, 6.07) is 0. The lowest BCUT2D eigenvalue weighted by Gasteiger charge is -2.07. The third kappa shape index (κ3) is 1.56. The highest BCUT2D eigenvalue weighted by atomic mass is 19.3. The number of nitrogen functional groups attached to an aromatic ring is 1. The van der Waals surface area contributed by atoms with E-state index < -0.39 is 35.1 Å². The summed E-state index contributed by atoms with van der Waals surface area (Å²) in [5, 5.41) is 17.6. The van der Waals surface area contributed by atoms with Gasteiger partial charge >= 0.3 is 5.97 Å². The lowest BCUT2D eigenvalue weighted by atomic mass is 10.1. The number of anilines is 1. The predicted molar refractivity (Wildman–Crippen MR) is 42.2 cm³/mol. The maximum atomic E-state index is 12.3. The molecule has 0 aliphatic heterocycles. The van der Waals surface area contributed by atoms with Crippen LogP contribution in [0.4, 0.5) is 14.5 Å². The molecule has 0 spiro atoms. The van der Waals surface area contributed by atoms with Crippen LogP contribution in [0.5, 0.6) is 5.75 Å². The van der Waals surface area contributed by atoms with Gasteiger partial charge in [-0.1, -0.05) is 0 Å². The van der Waals surface area contributed by atoms with Gasteiger partial charge in [0, 0.05) is 0 Å². The largest absolute Gasteiger partial charge is 0.505 e. The van der Waals surface area contributed by atoms with Crippen LogP contribution < -0.4 is 5.73 Å². The molecular weight excluding hydrogens is 198 g/mol. The third-order valence-electron chi connectivity index (χ3n) is 1.54. The van der Waals surface area contributed by atoms with E-state index in [-0.39, 0.29) is 0 Å². The molecule has 0 radical (unpaired) electrons. The molecule has 0 saturated carbocycles. The van der Waals surface area contributed by atoms with Gasteiger partial charge in [-0.2, -0.15) is 0 Å². The molecule has 7 heteroatoms. The fraction of sp³-hybridized carbons (Fsp3) is 0.143. The first-order valence-corrected chi connectivity index (χ1v) is 3.44. The van der Waals surface area contributed by atoms with Gasteiger partial charge < -0.3 is 15.9 Å².